The van der Waals surface area contributed by atoms with Gasteiger partial charge in [0.2, 0.25) is 5.91 Å². The van der Waals surface area contributed by atoms with Crippen LogP contribution in [0, 0.1) is 5.92 Å². The van der Waals surface area contributed by atoms with Crippen molar-refractivity contribution < 1.29 is 4.79 Å². The Balaban J connectivity index is 1.40. The molecule has 0 bridgehead atoms. The SMILES string of the molecule is CC(C(=O)N1CCCC1)N1CCC(CNC2CC2)CC1. The van der Waals surface area contributed by atoms with E-state index in [0.29, 0.717) is 5.91 Å². The summed E-state index contributed by atoms with van der Waals surface area (Å²) in [5, 5.41) is 3.64. The molecule has 0 spiro atoms. The van der Waals surface area contributed by atoms with Gasteiger partial charge in [0.25, 0.3) is 0 Å². The molecule has 2 aliphatic heterocycles. The lowest BCUT2D eigenvalue weighted by Crippen LogP contribution is -2.49. The van der Waals surface area contributed by atoms with Gasteiger partial charge in [-0.05, 0) is 71.0 Å². The number of likely N-dealkylation sites (tertiary alicyclic amines) is 2. The molecule has 1 unspecified atom stereocenters. The molecule has 2 saturated heterocycles. The van der Waals surface area contributed by atoms with Crippen molar-refractivity contribution in [3.8, 4) is 0 Å². The quantitative estimate of drug-likeness (QED) is 0.827. The molecule has 2 heterocycles. The third-order valence-electron chi connectivity index (χ3n) is 5.24. The number of amides is 1. The van der Waals surface area contributed by atoms with E-state index in [-0.39, 0.29) is 6.04 Å². The van der Waals surface area contributed by atoms with Crippen LogP contribution in [0.5, 0.6) is 0 Å². The summed E-state index contributed by atoms with van der Waals surface area (Å²) in [6.07, 6.45) is 7.62. The van der Waals surface area contributed by atoms with E-state index in [4.69, 9.17) is 0 Å². The molecular formula is C16H29N3O. The molecule has 1 amide bonds. The third kappa shape index (κ3) is 3.53. The molecule has 0 aromatic rings. The predicted octanol–water partition coefficient (Wildman–Crippen LogP) is 1.46. The summed E-state index contributed by atoms with van der Waals surface area (Å²) in [5.41, 5.74) is 0. The first-order valence-corrected chi connectivity index (χ1v) is 8.50. The number of rotatable bonds is 5. The second-order valence-electron chi connectivity index (χ2n) is 6.87. The first-order chi connectivity index (χ1) is 9.74. The fourth-order valence-electron chi connectivity index (χ4n) is 3.52. The lowest BCUT2D eigenvalue weighted by atomic mass is 9.95. The number of nitrogens with zero attached hydrogens (tertiary/aromatic N) is 2. The van der Waals surface area contributed by atoms with Gasteiger partial charge in [0.15, 0.2) is 0 Å². The molecule has 1 atom stereocenters. The van der Waals surface area contributed by atoms with E-state index in [1.165, 1.54) is 45.1 Å². The maximum absolute atomic E-state index is 12.4. The lowest BCUT2D eigenvalue weighted by Gasteiger charge is -2.36. The minimum Gasteiger partial charge on any atom is -0.341 e. The molecule has 4 heteroatoms. The summed E-state index contributed by atoms with van der Waals surface area (Å²) in [7, 11) is 0. The van der Waals surface area contributed by atoms with E-state index < -0.39 is 0 Å². The molecule has 1 N–H and O–H groups in total. The highest BCUT2D eigenvalue weighted by molar-refractivity contribution is 5.81. The summed E-state index contributed by atoms with van der Waals surface area (Å²) in [4.78, 5) is 16.9. The van der Waals surface area contributed by atoms with Gasteiger partial charge in [0, 0.05) is 19.1 Å². The van der Waals surface area contributed by atoms with Gasteiger partial charge in [0.1, 0.15) is 0 Å². The van der Waals surface area contributed by atoms with Gasteiger partial charge in [0.05, 0.1) is 6.04 Å². The molecular weight excluding hydrogens is 250 g/mol. The van der Waals surface area contributed by atoms with Crippen LogP contribution in [0.3, 0.4) is 0 Å². The van der Waals surface area contributed by atoms with Crippen molar-refractivity contribution in [1.29, 1.82) is 0 Å². The number of hydrogen-bond acceptors (Lipinski definition) is 3. The Morgan fingerprint density at radius 1 is 1.10 bits per heavy atom. The standard InChI is InChI=1S/C16H29N3O/c1-13(16(20)19-8-2-3-9-19)18-10-6-14(7-11-18)12-17-15-4-5-15/h13-15,17H,2-12H2,1H3. The highest BCUT2D eigenvalue weighted by Gasteiger charge is 2.31. The van der Waals surface area contributed by atoms with Gasteiger partial charge in [-0.2, -0.15) is 0 Å². The topological polar surface area (TPSA) is 35.6 Å². The zero-order chi connectivity index (χ0) is 13.9. The fourth-order valence-corrected chi connectivity index (χ4v) is 3.52. The second-order valence-corrected chi connectivity index (χ2v) is 6.87. The van der Waals surface area contributed by atoms with E-state index in [0.717, 1.165) is 38.1 Å². The van der Waals surface area contributed by atoms with Gasteiger partial charge in [-0.3, -0.25) is 9.69 Å². The van der Waals surface area contributed by atoms with Gasteiger partial charge in [-0.15, -0.1) is 0 Å². The Bertz CT molecular complexity index is 329. The minimum absolute atomic E-state index is 0.0884. The second kappa shape index (κ2) is 6.44. The molecule has 3 aliphatic rings. The molecule has 3 fully saturated rings. The highest BCUT2D eigenvalue weighted by atomic mass is 16.2. The third-order valence-corrected chi connectivity index (χ3v) is 5.24. The van der Waals surface area contributed by atoms with Crippen molar-refractivity contribution in [2.24, 2.45) is 5.92 Å². The average molecular weight is 279 g/mol. The van der Waals surface area contributed by atoms with E-state index >= 15 is 0 Å². The monoisotopic (exact) mass is 279 g/mol. The number of carbonyl (C=O) groups excluding carboxylic acids is 1. The van der Waals surface area contributed by atoms with Crippen molar-refractivity contribution in [1.82, 2.24) is 15.1 Å². The zero-order valence-corrected chi connectivity index (χ0v) is 12.8. The summed E-state index contributed by atoms with van der Waals surface area (Å²) >= 11 is 0. The Morgan fingerprint density at radius 3 is 2.35 bits per heavy atom. The van der Waals surface area contributed by atoms with Crippen LogP contribution in [-0.2, 0) is 4.79 Å². The Labute approximate surface area is 122 Å². The number of carbonyl (C=O) groups is 1. The highest BCUT2D eigenvalue weighted by Crippen LogP contribution is 2.23. The average Bonchev–Trinajstić information content (AvgIpc) is 3.16. The number of hydrogen-bond donors (Lipinski definition) is 1. The van der Waals surface area contributed by atoms with Crippen molar-refractivity contribution in [3.63, 3.8) is 0 Å². The van der Waals surface area contributed by atoms with Crippen molar-refractivity contribution in [2.75, 3.05) is 32.7 Å². The summed E-state index contributed by atoms with van der Waals surface area (Å²) in [5.74, 6) is 1.18. The largest absolute Gasteiger partial charge is 0.341 e. The van der Waals surface area contributed by atoms with Crippen LogP contribution in [0.2, 0.25) is 0 Å². The Hall–Kier alpha value is -0.610. The Morgan fingerprint density at radius 2 is 1.75 bits per heavy atom. The lowest BCUT2D eigenvalue weighted by molar-refractivity contribution is -0.135. The van der Waals surface area contributed by atoms with Gasteiger partial charge in [-0.1, -0.05) is 0 Å². The molecule has 1 saturated carbocycles. The molecule has 0 radical (unpaired) electrons. The molecule has 114 valence electrons. The summed E-state index contributed by atoms with van der Waals surface area (Å²) in [6, 6.07) is 0.911. The predicted molar refractivity (Wildman–Crippen MR) is 80.6 cm³/mol. The van der Waals surface area contributed by atoms with Crippen molar-refractivity contribution in [3.05, 3.63) is 0 Å². The normalized spacial score (nSPS) is 26.9. The van der Waals surface area contributed by atoms with Gasteiger partial charge >= 0.3 is 0 Å². The van der Waals surface area contributed by atoms with Crippen LogP contribution in [0.4, 0.5) is 0 Å². The zero-order valence-electron chi connectivity index (χ0n) is 12.8. The Kier molecular flexibility index (Phi) is 4.61. The van der Waals surface area contributed by atoms with Crippen molar-refractivity contribution >= 4 is 5.91 Å². The number of nitrogens with one attached hydrogen (secondary N) is 1. The van der Waals surface area contributed by atoms with Crippen LogP contribution < -0.4 is 5.32 Å². The summed E-state index contributed by atoms with van der Waals surface area (Å²) < 4.78 is 0. The molecule has 4 nitrogen and oxygen atoms in total. The van der Waals surface area contributed by atoms with E-state index in [1.54, 1.807) is 0 Å². The van der Waals surface area contributed by atoms with Gasteiger partial charge < -0.3 is 10.2 Å². The summed E-state index contributed by atoms with van der Waals surface area (Å²) in [6.45, 7) is 7.43. The molecule has 0 aromatic heterocycles. The number of piperidine rings is 1. The van der Waals surface area contributed by atoms with Crippen molar-refractivity contribution in [2.45, 2.75) is 57.5 Å². The van der Waals surface area contributed by atoms with E-state index in [2.05, 4.69) is 22.0 Å². The van der Waals surface area contributed by atoms with Gasteiger partial charge in [-0.25, -0.2) is 0 Å². The fraction of sp³-hybridized carbons (Fsp3) is 0.938. The maximum Gasteiger partial charge on any atom is 0.239 e. The van der Waals surface area contributed by atoms with Crippen LogP contribution in [0.1, 0.15) is 45.4 Å². The van der Waals surface area contributed by atoms with Crippen LogP contribution in [0.25, 0.3) is 0 Å². The van der Waals surface area contributed by atoms with Crippen LogP contribution >= 0.6 is 0 Å². The molecule has 3 rings (SSSR count). The first-order valence-electron chi connectivity index (χ1n) is 8.50. The smallest absolute Gasteiger partial charge is 0.239 e. The first kappa shape index (κ1) is 14.3. The van der Waals surface area contributed by atoms with E-state index in [1.807, 2.05) is 0 Å². The molecule has 1 aliphatic carbocycles. The minimum atomic E-state index is 0.0884. The molecule has 20 heavy (non-hydrogen) atoms. The van der Waals surface area contributed by atoms with Crippen LogP contribution in [0.15, 0.2) is 0 Å². The maximum atomic E-state index is 12.4. The van der Waals surface area contributed by atoms with E-state index in [9.17, 15) is 4.79 Å². The molecule has 0 aromatic carbocycles. The van der Waals surface area contributed by atoms with Crippen LogP contribution in [-0.4, -0.2) is 60.5 Å².